The minimum Gasteiger partial charge on any atom is -0.492 e. The van der Waals surface area contributed by atoms with Gasteiger partial charge in [-0.3, -0.25) is 0 Å². The average molecular weight is 358 g/mol. The Hall–Kier alpha value is -1.49. The van der Waals surface area contributed by atoms with Gasteiger partial charge in [0.15, 0.2) is 0 Å². The zero-order chi connectivity index (χ0) is 17.7. The Bertz CT molecular complexity index is 574. The van der Waals surface area contributed by atoms with Crippen molar-refractivity contribution in [3.05, 3.63) is 29.0 Å². The number of halogens is 2. The van der Waals surface area contributed by atoms with E-state index in [0.29, 0.717) is 31.4 Å². The summed E-state index contributed by atoms with van der Waals surface area (Å²) < 4.78 is 24.2. The maximum absolute atomic E-state index is 13.0. The highest BCUT2D eigenvalue weighted by Crippen LogP contribution is 2.27. The third-order valence-corrected chi connectivity index (χ3v) is 4.16. The summed E-state index contributed by atoms with van der Waals surface area (Å²) in [6.45, 7) is 7.46. The number of hydrogen-bond acceptors (Lipinski definition) is 3. The van der Waals surface area contributed by atoms with Crippen LogP contribution in [-0.4, -0.2) is 36.3 Å². The van der Waals surface area contributed by atoms with Gasteiger partial charge in [0.05, 0.1) is 11.6 Å². The van der Waals surface area contributed by atoms with Gasteiger partial charge in [-0.1, -0.05) is 11.6 Å². The van der Waals surface area contributed by atoms with E-state index in [1.165, 1.54) is 12.1 Å². The Kier molecular flexibility index (Phi) is 6.33. The highest BCUT2D eigenvalue weighted by Gasteiger charge is 2.25. The van der Waals surface area contributed by atoms with Gasteiger partial charge in [0, 0.05) is 13.1 Å². The smallest absolute Gasteiger partial charge is 0.410 e. The first kappa shape index (κ1) is 18.8. The van der Waals surface area contributed by atoms with E-state index in [2.05, 4.69) is 0 Å². The van der Waals surface area contributed by atoms with Crippen LogP contribution in [0.1, 0.15) is 40.0 Å². The molecular weight excluding hydrogens is 333 g/mol. The van der Waals surface area contributed by atoms with Crippen molar-refractivity contribution in [2.24, 2.45) is 5.92 Å². The molecule has 1 saturated heterocycles. The minimum absolute atomic E-state index is 0.259. The Morgan fingerprint density at radius 2 is 2.08 bits per heavy atom. The lowest BCUT2D eigenvalue weighted by Crippen LogP contribution is -2.37. The Labute approximate surface area is 147 Å². The lowest BCUT2D eigenvalue weighted by Gasteiger charge is -2.26. The number of rotatable bonds is 3. The van der Waals surface area contributed by atoms with Crippen molar-refractivity contribution >= 4 is 17.7 Å². The molecule has 1 atom stereocenters. The number of carbonyl (C=O) groups excluding carboxylic acids is 1. The van der Waals surface area contributed by atoms with Gasteiger partial charge < -0.3 is 14.4 Å². The molecular formula is C18H25ClFNO3. The van der Waals surface area contributed by atoms with Gasteiger partial charge in [0.2, 0.25) is 0 Å². The first-order valence-corrected chi connectivity index (χ1v) is 8.68. The molecule has 1 unspecified atom stereocenters. The lowest BCUT2D eigenvalue weighted by atomic mass is 10.0. The summed E-state index contributed by atoms with van der Waals surface area (Å²) in [5.41, 5.74) is -0.481. The zero-order valence-corrected chi connectivity index (χ0v) is 15.2. The van der Waals surface area contributed by atoms with Crippen molar-refractivity contribution in [1.29, 1.82) is 0 Å². The summed E-state index contributed by atoms with van der Waals surface area (Å²) in [6, 6.07) is 4.12. The van der Waals surface area contributed by atoms with Crippen LogP contribution >= 0.6 is 11.6 Å². The molecule has 2 rings (SSSR count). The van der Waals surface area contributed by atoms with E-state index in [-0.39, 0.29) is 16.9 Å². The number of amides is 1. The Morgan fingerprint density at radius 3 is 2.75 bits per heavy atom. The molecule has 0 bridgehead atoms. The van der Waals surface area contributed by atoms with Crippen LogP contribution in [0.25, 0.3) is 0 Å². The van der Waals surface area contributed by atoms with Crippen molar-refractivity contribution in [3.63, 3.8) is 0 Å². The fourth-order valence-corrected chi connectivity index (χ4v) is 2.86. The maximum atomic E-state index is 13.0. The van der Waals surface area contributed by atoms with Crippen molar-refractivity contribution in [2.75, 3.05) is 19.7 Å². The highest BCUT2D eigenvalue weighted by atomic mass is 35.5. The summed E-state index contributed by atoms with van der Waals surface area (Å²) in [7, 11) is 0. The average Bonchev–Trinajstić information content (AvgIpc) is 2.70. The van der Waals surface area contributed by atoms with Crippen LogP contribution < -0.4 is 4.74 Å². The summed E-state index contributed by atoms with van der Waals surface area (Å²) in [4.78, 5) is 13.9. The minimum atomic E-state index is -0.481. The predicted octanol–water partition coefficient (Wildman–Crippen LogP) is 4.90. The summed E-state index contributed by atoms with van der Waals surface area (Å²) in [5.74, 6) is 0.444. The molecule has 134 valence electrons. The van der Waals surface area contributed by atoms with Crippen LogP contribution in [-0.2, 0) is 4.74 Å². The van der Waals surface area contributed by atoms with Crippen LogP contribution in [0.15, 0.2) is 18.2 Å². The normalized spacial score (nSPS) is 18.9. The van der Waals surface area contributed by atoms with E-state index in [4.69, 9.17) is 21.1 Å². The molecule has 1 aromatic rings. The van der Waals surface area contributed by atoms with Gasteiger partial charge >= 0.3 is 6.09 Å². The maximum Gasteiger partial charge on any atom is 0.410 e. The van der Waals surface area contributed by atoms with Gasteiger partial charge in [0.25, 0.3) is 0 Å². The van der Waals surface area contributed by atoms with Crippen LogP contribution in [0.4, 0.5) is 9.18 Å². The van der Waals surface area contributed by atoms with Crippen molar-refractivity contribution in [3.8, 4) is 5.75 Å². The van der Waals surface area contributed by atoms with E-state index >= 15 is 0 Å². The molecule has 0 aromatic heterocycles. The molecule has 1 amide bonds. The zero-order valence-electron chi connectivity index (χ0n) is 14.5. The molecule has 0 spiro atoms. The van der Waals surface area contributed by atoms with E-state index < -0.39 is 5.60 Å². The SMILES string of the molecule is CC(C)(C)OC(=O)N1CCCC(COc2ccc(F)cc2Cl)CC1. The molecule has 0 N–H and O–H groups in total. The van der Waals surface area contributed by atoms with Crippen LogP contribution in [0, 0.1) is 11.7 Å². The third-order valence-electron chi connectivity index (χ3n) is 3.87. The molecule has 1 aliphatic rings. The largest absolute Gasteiger partial charge is 0.492 e. The van der Waals surface area contributed by atoms with Gasteiger partial charge in [-0.05, 0) is 64.2 Å². The van der Waals surface area contributed by atoms with Crippen molar-refractivity contribution in [1.82, 2.24) is 4.90 Å². The van der Waals surface area contributed by atoms with Gasteiger partial charge in [-0.2, -0.15) is 0 Å². The summed E-state index contributed by atoms with van der Waals surface area (Å²) in [5, 5.41) is 0.277. The van der Waals surface area contributed by atoms with Gasteiger partial charge in [0.1, 0.15) is 17.2 Å². The molecule has 24 heavy (non-hydrogen) atoms. The summed E-state index contributed by atoms with van der Waals surface area (Å²) in [6.07, 6.45) is 2.46. The molecule has 4 nitrogen and oxygen atoms in total. The Balaban J connectivity index is 1.83. The fraction of sp³-hybridized carbons (Fsp3) is 0.611. The quantitative estimate of drug-likeness (QED) is 0.772. The number of nitrogens with zero attached hydrogens (tertiary/aromatic N) is 1. The molecule has 0 saturated carbocycles. The molecule has 1 heterocycles. The van der Waals surface area contributed by atoms with Crippen molar-refractivity contribution in [2.45, 2.75) is 45.6 Å². The van der Waals surface area contributed by atoms with E-state index in [1.807, 2.05) is 20.8 Å². The van der Waals surface area contributed by atoms with Gasteiger partial charge in [-0.25, -0.2) is 9.18 Å². The topological polar surface area (TPSA) is 38.8 Å². The molecule has 0 radical (unpaired) electrons. The molecule has 1 aromatic carbocycles. The lowest BCUT2D eigenvalue weighted by molar-refractivity contribution is 0.0254. The van der Waals surface area contributed by atoms with Gasteiger partial charge in [-0.15, -0.1) is 0 Å². The predicted molar refractivity (Wildman–Crippen MR) is 92.1 cm³/mol. The molecule has 1 fully saturated rings. The number of hydrogen-bond donors (Lipinski definition) is 0. The van der Waals surface area contributed by atoms with E-state index in [1.54, 1.807) is 11.0 Å². The highest BCUT2D eigenvalue weighted by molar-refractivity contribution is 6.32. The monoisotopic (exact) mass is 357 g/mol. The number of ether oxygens (including phenoxy) is 2. The molecule has 0 aliphatic carbocycles. The second-order valence-electron chi connectivity index (χ2n) is 7.15. The second kappa shape index (κ2) is 8.06. The standard InChI is InChI=1S/C18H25ClFNO3/c1-18(2,3)24-17(22)21-9-4-5-13(8-10-21)12-23-16-7-6-14(20)11-15(16)19/h6-7,11,13H,4-5,8-10,12H2,1-3H3. The van der Waals surface area contributed by atoms with Crippen LogP contribution in [0.3, 0.4) is 0 Å². The number of carbonyl (C=O) groups is 1. The summed E-state index contributed by atoms with van der Waals surface area (Å²) >= 11 is 5.97. The van der Waals surface area contributed by atoms with E-state index in [9.17, 15) is 9.18 Å². The van der Waals surface area contributed by atoms with E-state index in [0.717, 1.165) is 19.3 Å². The first-order valence-electron chi connectivity index (χ1n) is 8.30. The third kappa shape index (κ3) is 5.86. The number of likely N-dealkylation sites (tertiary alicyclic amines) is 1. The van der Waals surface area contributed by atoms with Crippen molar-refractivity contribution < 1.29 is 18.7 Å². The second-order valence-corrected chi connectivity index (χ2v) is 7.56. The first-order chi connectivity index (χ1) is 11.2. The van der Waals surface area contributed by atoms with Crippen LogP contribution in [0.5, 0.6) is 5.75 Å². The number of benzene rings is 1. The molecule has 1 aliphatic heterocycles. The van der Waals surface area contributed by atoms with Crippen LogP contribution in [0.2, 0.25) is 5.02 Å². The molecule has 6 heteroatoms. The Morgan fingerprint density at radius 1 is 1.33 bits per heavy atom. The fourth-order valence-electron chi connectivity index (χ4n) is 2.64.